The second-order valence-corrected chi connectivity index (χ2v) is 10.6. The number of nitrogens with zero attached hydrogens (tertiary/aromatic N) is 3. The van der Waals surface area contributed by atoms with Crippen molar-refractivity contribution in [1.29, 1.82) is 0 Å². The van der Waals surface area contributed by atoms with Crippen LogP contribution in [0.2, 0.25) is 5.02 Å². The molecule has 5 aromatic rings. The lowest BCUT2D eigenvalue weighted by molar-refractivity contribution is -0.141. The summed E-state index contributed by atoms with van der Waals surface area (Å²) in [5, 5.41) is 6.96. The van der Waals surface area contributed by atoms with E-state index in [1.54, 1.807) is 47.7 Å². The van der Waals surface area contributed by atoms with Crippen LogP contribution in [-0.4, -0.2) is 20.7 Å². The van der Waals surface area contributed by atoms with E-state index in [-0.39, 0.29) is 22.9 Å². The summed E-state index contributed by atoms with van der Waals surface area (Å²) in [4.78, 5) is 18.9. The molecule has 3 aromatic heterocycles. The molecule has 0 bridgehead atoms. The first-order chi connectivity index (χ1) is 17.7. The van der Waals surface area contributed by atoms with Crippen molar-refractivity contribution in [3.05, 3.63) is 98.3 Å². The number of aromatic nitrogens is 3. The number of aryl methyl sites for hydroxylation is 1. The third kappa shape index (κ3) is 5.46. The number of thiazole rings is 1. The van der Waals surface area contributed by atoms with Crippen LogP contribution in [-0.2, 0) is 17.5 Å². The fourth-order valence-corrected chi connectivity index (χ4v) is 5.38. The first-order valence-electron chi connectivity index (χ1n) is 10.9. The fraction of sp³-hybridized carbons (Fsp3) is 0.115. The van der Waals surface area contributed by atoms with E-state index in [1.807, 2.05) is 24.4 Å². The summed E-state index contributed by atoms with van der Waals surface area (Å²) in [5.74, 6) is -0.540. The number of hydrogen-bond acceptors (Lipinski definition) is 6. The number of carbonyl (C=O) groups is 1. The van der Waals surface area contributed by atoms with Crippen molar-refractivity contribution >= 4 is 40.2 Å². The van der Waals surface area contributed by atoms with Crippen molar-refractivity contribution in [3.63, 3.8) is 0 Å². The van der Waals surface area contributed by atoms with Gasteiger partial charge in [0.15, 0.2) is 5.69 Å². The monoisotopic (exact) mass is 559 g/mol. The normalized spacial score (nSPS) is 11.6. The molecule has 0 aliphatic heterocycles. The highest BCUT2D eigenvalue weighted by molar-refractivity contribution is 7.16. The summed E-state index contributed by atoms with van der Waals surface area (Å²) in [6, 6.07) is 17.4. The first kappa shape index (κ1) is 25.2. The smallest absolute Gasteiger partial charge is 0.435 e. The van der Waals surface area contributed by atoms with Gasteiger partial charge in [0.1, 0.15) is 6.61 Å². The lowest BCUT2D eigenvalue weighted by Crippen LogP contribution is -2.07. The van der Waals surface area contributed by atoms with Crippen LogP contribution in [0.5, 0.6) is 0 Å². The van der Waals surface area contributed by atoms with Crippen LogP contribution in [0.15, 0.2) is 72.1 Å². The van der Waals surface area contributed by atoms with E-state index < -0.39 is 17.8 Å². The quantitative estimate of drug-likeness (QED) is 0.197. The second-order valence-electron chi connectivity index (χ2n) is 7.95. The van der Waals surface area contributed by atoms with E-state index in [4.69, 9.17) is 16.3 Å². The number of carbonyl (C=O) groups excluding carboxylic acids is 1. The van der Waals surface area contributed by atoms with Gasteiger partial charge in [-0.1, -0.05) is 35.9 Å². The summed E-state index contributed by atoms with van der Waals surface area (Å²) in [6.07, 6.45) is -4.63. The SMILES string of the molecule is Cc1nc(-c2ccc(COC(=O)c3ccc(-c4cc(C(F)(F)F)nn4-c4ccccc4Cl)cc3)s2)cs1. The number of thiophene rings is 1. The van der Waals surface area contributed by atoms with Crippen LogP contribution in [0.1, 0.15) is 25.9 Å². The molecule has 0 fully saturated rings. The number of benzene rings is 2. The van der Waals surface area contributed by atoms with Crippen molar-refractivity contribution in [2.75, 3.05) is 0 Å². The molecule has 188 valence electrons. The Morgan fingerprint density at radius 1 is 1.08 bits per heavy atom. The highest BCUT2D eigenvalue weighted by Crippen LogP contribution is 2.35. The van der Waals surface area contributed by atoms with Gasteiger partial charge in [0.05, 0.1) is 37.5 Å². The molecule has 5 rings (SSSR count). The molecule has 0 amide bonds. The molecule has 2 aromatic carbocycles. The molecule has 0 saturated heterocycles. The Hall–Kier alpha value is -3.47. The third-order valence-corrected chi connectivity index (χ3v) is 7.55. The van der Waals surface area contributed by atoms with Gasteiger partial charge in [0.2, 0.25) is 0 Å². The molecule has 0 N–H and O–H groups in total. The molecule has 3 heterocycles. The number of rotatable bonds is 6. The predicted octanol–water partition coefficient (Wildman–Crippen LogP) is 8.06. The zero-order chi connectivity index (χ0) is 26.2. The Kier molecular flexibility index (Phi) is 6.89. The number of hydrogen-bond donors (Lipinski definition) is 0. The van der Waals surface area contributed by atoms with Gasteiger partial charge in [0, 0.05) is 15.8 Å². The van der Waals surface area contributed by atoms with Gasteiger partial charge in [-0.3, -0.25) is 0 Å². The Balaban J connectivity index is 1.34. The molecule has 0 atom stereocenters. The highest BCUT2D eigenvalue weighted by Gasteiger charge is 2.35. The number of halogens is 4. The van der Waals surface area contributed by atoms with Crippen LogP contribution >= 0.6 is 34.3 Å². The Morgan fingerprint density at radius 3 is 2.51 bits per heavy atom. The summed E-state index contributed by atoms with van der Waals surface area (Å²) >= 11 is 9.29. The lowest BCUT2D eigenvalue weighted by atomic mass is 10.1. The van der Waals surface area contributed by atoms with Gasteiger partial charge < -0.3 is 4.74 Å². The van der Waals surface area contributed by atoms with Gasteiger partial charge in [-0.15, -0.1) is 22.7 Å². The fourth-order valence-electron chi connectivity index (χ4n) is 3.60. The largest absolute Gasteiger partial charge is 0.456 e. The van der Waals surface area contributed by atoms with Crippen LogP contribution in [0.3, 0.4) is 0 Å². The summed E-state index contributed by atoms with van der Waals surface area (Å²) in [5.41, 5.74) is 1.04. The lowest BCUT2D eigenvalue weighted by Gasteiger charge is -2.10. The van der Waals surface area contributed by atoms with Crippen molar-refractivity contribution < 1.29 is 22.7 Å². The molecule has 0 unspecified atom stereocenters. The number of alkyl halides is 3. The summed E-state index contributed by atoms with van der Waals surface area (Å²) < 4.78 is 46.9. The second kappa shape index (κ2) is 10.1. The van der Waals surface area contributed by atoms with E-state index in [9.17, 15) is 18.0 Å². The van der Waals surface area contributed by atoms with Crippen LogP contribution in [0.25, 0.3) is 27.5 Å². The van der Waals surface area contributed by atoms with Gasteiger partial charge >= 0.3 is 12.1 Å². The minimum Gasteiger partial charge on any atom is -0.456 e. The topological polar surface area (TPSA) is 57.0 Å². The van der Waals surface area contributed by atoms with E-state index in [1.165, 1.54) is 23.5 Å². The molecule has 0 aliphatic carbocycles. The Morgan fingerprint density at radius 2 is 1.84 bits per heavy atom. The molecule has 5 nitrogen and oxygen atoms in total. The number of para-hydroxylation sites is 1. The van der Waals surface area contributed by atoms with Gasteiger partial charge in [-0.2, -0.15) is 18.3 Å². The van der Waals surface area contributed by atoms with Gasteiger partial charge in [-0.05, 0) is 49.4 Å². The average molecular weight is 560 g/mol. The van der Waals surface area contributed by atoms with Gasteiger partial charge in [0.25, 0.3) is 0 Å². The molecular formula is C26H17ClF3N3O2S2. The number of esters is 1. The zero-order valence-corrected chi connectivity index (χ0v) is 21.5. The van der Waals surface area contributed by atoms with Crippen molar-refractivity contribution in [2.45, 2.75) is 19.7 Å². The number of ether oxygens (including phenoxy) is 1. The Bertz CT molecular complexity index is 1570. The Labute approximate surface area is 222 Å². The predicted molar refractivity (Wildman–Crippen MR) is 138 cm³/mol. The minimum atomic E-state index is -4.63. The molecule has 0 spiro atoms. The third-order valence-electron chi connectivity index (χ3n) is 5.38. The minimum absolute atomic E-state index is 0.0998. The molecule has 0 aliphatic rings. The summed E-state index contributed by atoms with van der Waals surface area (Å²) in [6.45, 7) is 2.04. The summed E-state index contributed by atoms with van der Waals surface area (Å²) in [7, 11) is 0. The van der Waals surface area contributed by atoms with Crippen molar-refractivity contribution in [2.24, 2.45) is 0 Å². The zero-order valence-electron chi connectivity index (χ0n) is 19.1. The molecular weight excluding hydrogens is 543 g/mol. The molecule has 11 heteroatoms. The highest BCUT2D eigenvalue weighted by atomic mass is 35.5. The van der Waals surface area contributed by atoms with E-state index in [2.05, 4.69) is 10.1 Å². The van der Waals surface area contributed by atoms with Gasteiger partial charge in [-0.25, -0.2) is 14.5 Å². The molecule has 0 saturated carbocycles. The van der Waals surface area contributed by atoms with Crippen LogP contribution in [0.4, 0.5) is 13.2 Å². The van der Waals surface area contributed by atoms with Crippen LogP contribution < -0.4 is 0 Å². The standard InChI is InChI=1S/C26H17ClF3N3O2S2/c1-15-31-20(14-36-15)23-11-10-18(37-23)13-35-25(34)17-8-6-16(7-9-17)22-12-24(26(28,29)30)32-33(22)21-5-3-2-4-19(21)27/h2-12,14H,13H2,1H3. The van der Waals surface area contributed by atoms with E-state index >= 15 is 0 Å². The average Bonchev–Trinajstić information content (AvgIpc) is 3.62. The maximum atomic E-state index is 13.4. The van der Waals surface area contributed by atoms with Crippen LogP contribution in [0, 0.1) is 6.92 Å². The van der Waals surface area contributed by atoms with Crippen molar-refractivity contribution in [1.82, 2.24) is 14.8 Å². The maximum Gasteiger partial charge on any atom is 0.435 e. The molecule has 0 radical (unpaired) electrons. The van der Waals surface area contributed by atoms with Crippen molar-refractivity contribution in [3.8, 4) is 27.5 Å². The van der Waals surface area contributed by atoms with E-state index in [0.29, 0.717) is 11.3 Å². The maximum absolute atomic E-state index is 13.4. The van der Waals surface area contributed by atoms with E-state index in [0.717, 1.165) is 31.2 Å². The molecule has 37 heavy (non-hydrogen) atoms. The first-order valence-corrected chi connectivity index (χ1v) is 13.0.